The number of rotatable bonds is 6. The van der Waals surface area contributed by atoms with Crippen molar-refractivity contribution in [2.75, 3.05) is 10.6 Å². The van der Waals surface area contributed by atoms with Gasteiger partial charge in [-0.15, -0.1) is 0 Å². The molecule has 0 spiro atoms. The summed E-state index contributed by atoms with van der Waals surface area (Å²) < 4.78 is 41.2. The summed E-state index contributed by atoms with van der Waals surface area (Å²) in [5.41, 5.74) is 6.79. The second kappa shape index (κ2) is 11.1. The molecule has 0 radical (unpaired) electrons. The van der Waals surface area contributed by atoms with Crippen molar-refractivity contribution in [3.63, 3.8) is 0 Å². The van der Waals surface area contributed by atoms with E-state index in [-0.39, 0.29) is 17.5 Å². The highest BCUT2D eigenvalue weighted by molar-refractivity contribution is 6.31. The number of nitrogens with two attached hydrogens (primary N) is 1. The molecule has 0 saturated heterocycles. The third kappa shape index (κ3) is 6.23. The summed E-state index contributed by atoms with van der Waals surface area (Å²) in [4.78, 5) is 24.7. The van der Waals surface area contributed by atoms with Crippen molar-refractivity contribution in [3.8, 4) is 5.69 Å². The number of halogens is 4. The van der Waals surface area contributed by atoms with Gasteiger partial charge in [-0.1, -0.05) is 25.4 Å². The van der Waals surface area contributed by atoms with Crippen LogP contribution in [0.25, 0.3) is 16.6 Å². The van der Waals surface area contributed by atoms with Gasteiger partial charge in [0.2, 0.25) is 5.91 Å². The average molecular weight is 560 g/mol. The molecule has 3 aromatic carbocycles. The number of amides is 3. The molecule has 3 amide bonds. The van der Waals surface area contributed by atoms with Crippen molar-refractivity contribution in [2.24, 2.45) is 11.7 Å². The molecule has 0 fully saturated rings. The van der Waals surface area contributed by atoms with Crippen LogP contribution in [0.15, 0.2) is 72.9 Å². The van der Waals surface area contributed by atoms with Crippen LogP contribution in [0.4, 0.5) is 35.0 Å². The fourth-order valence-electron chi connectivity index (χ4n) is 3.88. The average Bonchev–Trinajstić information content (AvgIpc) is 3.31. The Balaban J connectivity index is 1.47. The molecule has 0 bridgehead atoms. The number of nitrogens with one attached hydrogen (secondary N) is 3. The molecule has 1 aromatic heterocycles. The van der Waals surface area contributed by atoms with Crippen LogP contribution >= 0.6 is 11.6 Å². The van der Waals surface area contributed by atoms with Gasteiger partial charge in [-0.05, 0) is 60.5 Å². The maximum absolute atomic E-state index is 13.1. The van der Waals surface area contributed by atoms with Gasteiger partial charge in [0.05, 0.1) is 22.1 Å². The predicted molar refractivity (Wildman–Crippen MR) is 144 cm³/mol. The number of hydroxylamine groups is 1. The molecule has 4 aromatic rings. The van der Waals surface area contributed by atoms with Gasteiger partial charge in [-0.3, -0.25) is 15.2 Å². The SMILES string of the molecule is CC(C)[C@H](N)C(=O)Nc1ccc2c(ccn2-c2ccc(NC(=O)[NH+]([O-])c3ccc(Cl)c(C(F)(F)F)c3)cc2)c1. The molecule has 39 heavy (non-hydrogen) atoms. The number of fused-ring (bicyclic) bond motifs is 1. The Labute approximate surface area is 226 Å². The van der Waals surface area contributed by atoms with Crippen molar-refractivity contribution in [1.82, 2.24) is 4.57 Å². The van der Waals surface area contributed by atoms with Crippen molar-refractivity contribution >= 4 is 51.5 Å². The first kappa shape index (κ1) is 28.1. The fourth-order valence-corrected chi connectivity index (χ4v) is 4.11. The molecule has 1 heterocycles. The lowest BCUT2D eigenvalue weighted by atomic mass is 10.0. The molecule has 4 rings (SSSR count). The lowest BCUT2D eigenvalue weighted by Gasteiger charge is -2.20. The zero-order chi connectivity index (χ0) is 28.5. The van der Waals surface area contributed by atoms with Crippen LogP contribution < -0.4 is 21.4 Å². The number of hydrogen-bond donors (Lipinski definition) is 4. The van der Waals surface area contributed by atoms with Gasteiger partial charge in [0.1, 0.15) is 5.69 Å². The van der Waals surface area contributed by atoms with Crippen molar-refractivity contribution < 1.29 is 27.8 Å². The molecular weight excluding hydrogens is 535 g/mol. The molecule has 5 N–H and O–H groups in total. The number of anilines is 2. The second-order valence-corrected chi connectivity index (χ2v) is 9.65. The number of quaternary nitrogens is 1. The highest BCUT2D eigenvalue weighted by atomic mass is 35.5. The minimum atomic E-state index is -4.76. The van der Waals surface area contributed by atoms with Gasteiger partial charge in [-0.2, -0.15) is 13.2 Å². The molecule has 0 aliphatic heterocycles. The van der Waals surface area contributed by atoms with Gasteiger partial charge in [0, 0.05) is 40.8 Å². The van der Waals surface area contributed by atoms with Gasteiger partial charge in [0.25, 0.3) is 0 Å². The summed E-state index contributed by atoms with van der Waals surface area (Å²) in [6.45, 7) is 3.74. The molecule has 0 saturated carbocycles. The summed E-state index contributed by atoms with van der Waals surface area (Å²) in [5.74, 6) is -0.267. The molecule has 204 valence electrons. The molecule has 8 nitrogen and oxygen atoms in total. The summed E-state index contributed by atoms with van der Waals surface area (Å²) in [7, 11) is 0. The van der Waals surface area contributed by atoms with Crippen LogP contribution in [-0.2, 0) is 11.0 Å². The zero-order valence-corrected chi connectivity index (χ0v) is 21.6. The van der Waals surface area contributed by atoms with E-state index in [0.717, 1.165) is 28.7 Å². The maximum atomic E-state index is 13.1. The van der Waals surface area contributed by atoms with Gasteiger partial charge in [-0.25, -0.2) is 4.79 Å². The fraction of sp³-hybridized carbons (Fsp3) is 0.185. The summed E-state index contributed by atoms with van der Waals surface area (Å²) in [6, 6.07) is 14.7. The Morgan fingerprint density at radius 3 is 2.28 bits per heavy atom. The van der Waals surface area contributed by atoms with E-state index in [4.69, 9.17) is 17.3 Å². The third-order valence-corrected chi connectivity index (χ3v) is 6.45. The van der Waals surface area contributed by atoms with Gasteiger partial charge in [0.15, 0.2) is 0 Å². The first-order valence-electron chi connectivity index (χ1n) is 11.9. The predicted octanol–water partition coefficient (Wildman–Crippen LogP) is 5.47. The first-order chi connectivity index (χ1) is 18.3. The molecule has 1 unspecified atom stereocenters. The Bertz CT molecular complexity index is 1520. The Hall–Kier alpha value is -3.90. The molecule has 2 atom stereocenters. The van der Waals surface area contributed by atoms with Crippen LogP contribution in [0.1, 0.15) is 19.4 Å². The number of alkyl halides is 3. The summed E-state index contributed by atoms with van der Waals surface area (Å²) in [5, 5.41) is 16.8. The summed E-state index contributed by atoms with van der Waals surface area (Å²) >= 11 is 5.58. The minimum absolute atomic E-state index is 0.000341. The number of nitrogens with zero attached hydrogens (tertiary/aromatic N) is 1. The van der Waals surface area contributed by atoms with E-state index in [1.54, 1.807) is 30.3 Å². The normalized spacial score (nSPS) is 13.4. The van der Waals surface area contributed by atoms with Gasteiger partial charge >= 0.3 is 12.2 Å². The lowest BCUT2D eigenvalue weighted by molar-refractivity contribution is -0.677. The molecule has 12 heteroatoms. The van der Waals surface area contributed by atoms with E-state index < -0.39 is 39.6 Å². The zero-order valence-electron chi connectivity index (χ0n) is 20.8. The van der Waals surface area contributed by atoms with Crippen molar-refractivity contribution in [2.45, 2.75) is 26.1 Å². The topological polar surface area (TPSA) is 117 Å². The van der Waals surface area contributed by atoms with E-state index in [9.17, 15) is 28.0 Å². The van der Waals surface area contributed by atoms with E-state index in [0.29, 0.717) is 11.8 Å². The molecule has 0 aliphatic rings. The minimum Gasteiger partial charge on any atom is -0.620 e. The number of carbonyl (C=O) groups excluding carboxylic acids is 2. The van der Waals surface area contributed by atoms with Crippen LogP contribution in [-0.4, -0.2) is 22.5 Å². The number of benzene rings is 3. The number of hydrogen-bond acceptors (Lipinski definition) is 4. The Morgan fingerprint density at radius 1 is 0.974 bits per heavy atom. The number of urea groups is 1. The monoisotopic (exact) mass is 559 g/mol. The standard InChI is InChI=1S/C27H25ClF3N5O3/c1-15(2)24(32)25(37)33-18-5-10-23-16(13-18)11-12-35(23)19-6-3-17(4-7-19)34-26(38)36(39)20-8-9-22(28)21(14-20)27(29,30)31/h3-15,24,36H,32H2,1-2H3,(H,33,37)(H,34,38)/t24-/m0/s1. The Kier molecular flexibility index (Phi) is 7.98. The van der Waals surface area contributed by atoms with Crippen molar-refractivity contribution in [1.29, 1.82) is 0 Å². The van der Waals surface area contributed by atoms with Crippen LogP contribution in [0, 0.1) is 11.1 Å². The quantitative estimate of drug-likeness (QED) is 0.234. The highest BCUT2D eigenvalue weighted by Gasteiger charge is 2.34. The lowest BCUT2D eigenvalue weighted by Crippen LogP contribution is -3.06. The number of carbonyl (C=O) groups is 2. The van der Waals surface area contributed by atoms with Crippen molar-refractivity contribution in [3.05, 3.63) is 88.7 Å². The van der Waals surface area contributed by atoms with Gasteiger partial charge < -0.3 is 20.8 Å². The van der Waals surface area contributed by atoms with E-state index in [1.807, 2.05) is 42.8 Å². The molecular formula is C27H25ClF3N5O3. The molecule has 0 aliphatic carbocycles. The Morgan fingerprint density at radius 2 is 1.64 bits per heavy atom. The number of aromatic nitrogens is 1. The van der Waals surface area contributed by atoms with Crippen LogP contribution in [0.2, 0.25) is 5.02 Å². The second-order valence-electron chi connectivity index (χ2n) is 9.24. The summed E-state index contributed by atoms with van der Waals surface area (Å²) in [6.07, 6.45) is -2.93. The van der Waals surface area contributed by atoms with Crippen LogP contribution in [0.5, 0.6) is 0 Å². The smallest absolute Gasteiger partial charge is 0.424 e. The van der Waals surface area contributed by atoms with E-state index >= 15 is 0 Å². The first-order valence-corrected chi connectivity index (χ1v) is 12.2. The van der Waals surface area contributed by atoms with Crippen LogP contribution in [0.3, 0.4) is 0 Å². The van der Waals surface area contributed by atoms with E-state index in [2.05, 4.69) is 10.6 Å². The highest BCUT2D eigenvalue weighted by Crippen LogP contribution is 2.35. The largest absolute Gasteiger partial charge is 0.620 e. The van der Waals surface area contributed by atoms with E-state index in [1.165, 1.54) is 0 Å². The third-order valence-electron chi connectivity index (χ3n) is 6.12. The maximum Gasteiger partial charge on any atom is 0.424 e.